The van der Waals surface area contributed by atoms with Gasteiger partial charge in [0.05, 0.1) is 5.41 Å². The third-order valence-electron chi connectivity index (χ3n) is 5.52. The van der Waals surface area contributed by atoms with Crippen molar-refractivity contribution < 1.29 is 4.79 Å². The molecule has 2 aliphatic rings. The van der Waals surface area contributed by atoms with E-state index in [-0.39, 0.29) is 5.91 Å². The lowest BCUT2D eigenvalue weighted by Crippen LogP contribution is -2.32. The topological polar surface area (TPSA) is 92.2 Å². The molecule has 1 unspecified atom stereocenters. The van der Waals surface area contributed by atoms with Gasteiger partial charge in [-0.1, -0.05) is 48.6 Å². The van der Waals surface area contributed by atoms with Gasteiger partial charge in [0.25, 0.3) is 0 Å². The van der Waals surface area contributed by atoms with E-state index in [1.807, 2.05) is 31.2 Å². The zero-order valence-corrected chi connectivity index (χ0v) is 16.5. The van der Waals surface area contributed by atoms with Crippen molar-refractivity contribution in [1.82, 2.24) is 0 Å². The van der Waals surface area contributed by atoms with Crippen molar-refractivity contribution in [3.05, 3.63) is 77.4 Å². The number of amides is 1. The zero-order chi connectivity index (χ0) is 20.4. The van der Waals surface area contributed by atoms with Gasteiger partial charge in [0.1, 0.15) is 0 Å². The third-order valence-corrected chi connectivity index (χ3v) is 5.52. The molecule has 0 radical (unpaired) electrons. The summed E-state index contributed by atoms with van der Waals surface area (Å²) >= 11 is 0. The molecule has 0 saturated carbocycles. The number of anilines is 1. The molecule has 0 aliphatic heterocycles. The summed E-state index contributed by atoms with van der Waals surface area (Å²) in [6, 6.07) is 14.6. The van der Waals surface area contributed by atoms with Gasteiger partial charge >= 0.3 is 0 Å². The maximum Gasteiger partial charge on any atom is 0.234 e. The van der Waals surface area contributed by atoms with Crippen LogP contribution in [0.3, 0.4) is 0 Å². The number of nitrogens with two attached hydrogens (primary N) is 1. The van der Waals surface area contributed by atoms with E-state index in [9.17, 15) is 4.79 Å². The van der Waals surface area contributed by atoms with Crippen molar-refractivity contribution in [3.63, 3.8) is 0 Å². The minimum absolute atomic E-state index is 0.0529. The Hall–Kier alpha value is -3.54. The summed E-state index contributed by atoms with van der Waals surface area (Å²) < 4.78 is 0. The summed E-state index contributed by atoms with van der Waals surface area (Å²) in [5.74, 6) is 5.67. The quantitative estimate of drug-likeness (QED) is 0.229. The normalized spacial score (nSPS) is 20.3. The number of nitrogens with zero attached hydrogens (tertiary/aromatic N) is 3. The molecule has 3 N–H and O–H groups in total. The van der Waals surface area contributed by atoms with Crippen LogP contribution in [0.1, 0.15) is 24.5 Å². The first-order chi connectivity index (χ1) is 14.0. The molecule has 0 fully saturated rings. The van der Waals surface area contributed by atoms with E-state index in [1.165, 1.54) is 22.3 Å². The van der Waals surface area contributed by atoms with Gasteiger partial charge in [-0.15, -0.1) is 5.11 Å². The Bertz CT molecular complexity index is 1100. The number of azo groups is 1. The van der Waals surface area contributed by atoms with Crippen molar-refractivity contribution in [2.24, 2.45) is 26.6 Å². The van der Waals surface area contributed by atoms with Gasteiger partial charge in [-0.2, -0.15) is 10.2 Å². The van der Waals surface area contributed by atoms with E-state index in [1.54, 1.807) is 7.05 Å². The largest absolute Gasteiger partial charge is 0.325 e. The Labute approximate surface area is 169 Å². The van der Waals surface area contributed by atoms with Crippen molar-refractivity contribution in [3.8, 4) is 11.1 Å². The van der Waals surface area contributed by atoms with E-state index in [0.29, 0.717) is 12.3 Å². The molecular weight excluding hydrogens is 362 g/mol. The van der Waals surface area contributed by atoms with Gasteiger partial charge in [-0.05, 0) is 54.2 Å². The number of rotatable bonds is 3. The van der Waals surface area contributed by atoms with Crippen LogP contribution >= 0.6 is 0 Å². The monoisotopic (exact) mass is 385 g/mol. The molecule has 6 heteroatoms. The standard InChI is InChI=1S/C23H23N5O/c1-23(11-9-15(10-12-23)21(27-24)28-25-2)22(29)26-18-7-8-20-17(14-18)13-16-5-3-4-6-19(16)20/h3-11,14H,12-13,24H2,1-2H3,(H,26,29)/b27-21-,28-25?. The van der Waals surface area contributed by atoms with Crippen LogP contribution in [0, 0.1) is 5.41 Å². The second-order valence-electron chi connectivity index (χ2n) is 7.53. The molecule has 0 heterocycles. The Morgan fingerprint density at radius 2 is 1.93 bits per heavy atom. The van der Waals surface area contributed by atoms with Gasteiger partial charge in [0.15, 0.2) is 5.84 Å². The Morgan fingerprint density at radius 3 is 2.66 bits per heavy atom. The molecular formula is C23H23N5O. The van der Waals surface area contributed by atoms with E-state index < -0.39 is 5.41 Å². The molecule has 1 amide bonds. The van der Waals surface area contributed by atoms with E-state index in [0.717, 1.165) is 17.7 Å². The Morgan fingerprint density at radius 1 is 1.14 bits per heavy atom. The van der Waals surface area contributed by atoms with E-state index in [2.05, 4.69) is 57.0 Å². The third kappa shape index (κ3) is 3.49. The predicted molar refractivity (Wildman–Crippen MR) is 116 cm³/mol. The fourth-order valence-corrected chi connectivity index (χ4v) is 3.82. The summed E-state index contributed by atoms with van der Waals surface area (Å²) in [6.45, 7) is 1.91. The predicted octanol–water partition coefficient (Wildman–Crippen LogP) is 4.44. The second-order valence-corrected chi connectivity index (χ2v) is 7.53. The van der Waals surface area contributed by atoms with Gasteiger partial charge in [0, 0.05) is 18.3 Å². The van der Waals surface area contributed by atoms with Crippen LogP contribution in [0.4, 0.5) is 5.69 Å². The SMILES string of the molecule is CN=N/C(=N\N)C1=CCC(C)(C(=O)Nc2ccc3c(c2)Cc2ccccc2-3)C=C1. The van der Waals surface area contributed by atoms with E-state index >= 15 is 0 Å². The molecule has 1 atom stereocenters. The summed E-state index contributed by atoms with van der Waals surface area (Å²) in [7, 11) is 1.56. The highest BCUT2D eigenvalue weighted by atomic mass is 16.2. The number of amidine groups is 1. The number of nitrogens with one attached hydrogen (secondary N) is 1. The molecule has 2 aliphatic carbocycles. The highest BCUT2D eigenvalue weighted by Gasteiger charge is 2.32. The highest BCUT2D eigenvalue weighted by Crippen LogP contribution is 2.38. The minimum atomic E-state index is -0.658. The average Bonchev–Trinajstić information content (AvgIpc) is 3.10. The lowest BCUT2D eigenvalue weighted by Gasteiger charge is -2.26. The summed E-state index contributed by atoms with van der Waals surface area (Å²) in [6.07, 6.45) is 7.03. The molecule has 0 aromatic heterocycles. The van der Waals surface area contributed by atoms with Crippen molar-refractivity contribution in [2.45, 2.75) is 19.8 Å². The van der Waals surface area contributed by atoms with Crippen LogP contribution in [0.15, 0.2) is 81.6 Å². The number of carbonyl (C=O) groups excluding carboxylic acids is 1. The Balaban J connectivity index is 1.49. The first-order valence-electron chi connectivity index (χ1n) is 9.54. The smallest absolute Gasteiger partial charge is 0.234 e. The van der Waals surface area contributed by atoms with Gasteiger partial charge < -0.3 is 11.2 Å². The van der Waals surface area contributed by atoms with Gasteiger partial charge in [-0.3, -0.25) is 4.79 Å². The maximum atomic E-state index is 13.0. The highest BCUT2D eigenvalue weighted by molar-refractivity contribution is 6.03. The molecule has 0 bridgehead atoms. The lowest BCUT2D eigenvalue weighted by molar-refractivity contribution is -0.122. The fourth-order valence-electron chi connectivity index (χ4n) is 3.82. The number of fused-ring (bicyclic) bond motifs is 3. The van der Waals surface area contributed by atoms with Crippen LogP contribution in [-0.2, 0) is 11.2 Å². The summed E-state index contributed by atoms with van der Waals surface area (Å²) in [4.78, 5) is 13.0. The molecule has 6 nitrogen and oxygen atoms in total. The van der Waals surface area contributed by atoms with Crippen LogP contribution in [0.5, 0.6) is 0 Å². The number of carbonyl (C=O) groups is 1. The molecule has 0 saturated heterocycles. The minimum Gasteiger partial charge on any atom is -0.325 e. The number of allylic oxidation sites excluding steroid dienone is 1. The Kier molecular flexibility index (Phi) is 4.84. The lowest BCUT2D eigenvalue weighted by atomic mass is 9.81. The van der Waals surface area contributed by atoms with Gasteiger partial charge in [0.2, 0.25) is 5.91 Å². The summed E-state index contributed by atoms with van der Waals surface area (Å²) in [5.41, 5.74) is 6.01. The number of hydrazone groups is 1. The fraction of sp³-hybridized carbons (Fsp3) is 0.217. The van der Waals surface area contributed by atoms with Crippen molar-refractivity contribution in [1.29, 1.82) is 0 Å². The molecule has 4 rings (SSSR count). The zero-order valence-electron chi connectivity index (χ0n) is 16.5. The average molecular weight is 385 g/mol. The first kappa shape index (κ1) is 18.8. The van der Waals surface area contributed by atoms with Crippen LogP contribution in [-0.4, -0.2) is 18.8 Å². The van der Waals surface area contributed by atoms with Crippen LogP contribution in [0.2, 0.25) is 0 Å². The molecule has 146 valence electrons. The van der Waals surface area contributed by atoms with Crippen molar-refractivity contribution in [2.75, 3.05) is 12.4 Å². The summed E-state index contributed by atoms with van der Waals surface area (Å²) in [5, 5.41) is 14.3. The molecule has 2 aromatic rings. The first-order valence-corrected chi connectivity index (χ1v) is 9.54. The second kappa shape index (κ2) is 7.47. The number of hydrogen-bond acceptors (Lipinski definition) is 4. The van der Waals surface area contributed by atoms with Gasteiger partial charge in [-0.25, -0.2) is 0 Å². The molecule has 0 spiro atoms. The van der Waals surface area contributed by atoms with Crippen molar-refractivity contribution >= 4 is 17.4 Å². The van der Waals surface area contributed by atoms with Crippen LogP contribution in [0.25, 0.3) is 11.1 Å². The van der Waals surface area contributed by atoms with E-state index in [4.69, 9.17) is 5.84 Å². The molecule has 29 heavy (non-hydrogen) atoms. The van der Waals surface area contributed by atoms with Crippen LogP contribution < -0.4 is 11.2 Å². The number of hydrogen-bond donors (Lipinski definition) is 2. The molecule has 2 aromatic carbocycles. The maximum absolute atomic E-state index is 13.0. The number of benzene rings is 2.